The molecular formula is C13H16N4O3S2. The Balaban J connectivity index is 2.16. The van der Waals surface area contributed by atoms with Gasteiger partial charge >= 0.3 is 0 Å². The minimum Gasteiger partial charge on any atom is -0.378 e. The van der Waals surface area contributed by atoms with Gasteiger partial charge in [-0.25, -0.2) is 13.4 Å². The number of sulfonamides is 1. The smallest absolute Gasteiger partial charge is 0.273 e. The number of hydrogen-bond donors (Lipinski definition) is 2. The third-order valence-electron chi connectivity index (χ3n) is 2.67. The second-order valence-corrected chi connectivity index (χ2v) is 7.65. The molecule has 0 bridgehead atoms. The lowest BCUT2D eigenvalue weighted by Gasteiger charge is -2.13. The van der Waals surface area contributed by atoms with Crippen LogP contribution in [0, 0.1) is 0 Å². The maximum absolute atomic E-state index is 12.3. The molecule has 0 saturated carbocycles. The second-order valence-electron chi connectivity index (χ2n) is 4.71. The summed E-state index contributed by atoms with van der Waals surface area (Å²) in [5, 5.41) is 2.70. The first-order valence-corrected chi connectivity index (χ1v) is 8.61. The Morgan fingerprint density at radius 1 is 1.23 bits per heavy atom. The van der Waals surface area contributed by atoms with Gasteiger partial charge in [0.2, 0.25) is 5.91 Å². The van der Waals surface area contributed by atoms with E-state index >= 15 is 0 Å². The van der Waals surface area contributed by atoms with Gasteiger partial charge in [0.25, 0.3) is 10.0 Å². The van der Waals surface area contributed by atoms with Crippen molar-refractivity contribution < 1.29 is 13.2 Å². The molecule has 0 atom stereocenters. The lowest BCUT2D eigenvalue weighted by molar-refractivity contribution is -0.114. The lowest BCUT2D eigenvalue weighted by atomic mass is 10.3. The van der Waals surface area contributed by atoms with Crippen LogP contribution in [0.25, 0.3) is 0 Å². The third-order valence-corrected chi connectivity index (χ3v) is 5.42. The van der Waals surface area contributed by atoms with E-state index < -0.39 is 10.0 Å². The summed E-state index contributed by atoms with van der Waals surface area (Å²) >= 11 is 0.894. The standard InChI is InChI=1S/C13H16N4O3S2/c1-9(18)15-13-14-8-12(21-13)22(19,20)16-10-4-6-11(7-5-10)17(2)3/h4-8,16H,1-3H3,(H,14,15,18). The Morgan fingerprint density at radius 2 is 1.86 bits per heavy atom. The average molecular weight is 340 g/mol. The molecule has 0 fully saturated rings. The van der Waals surface area contributed by atoms with Gasteiger partial charge in [0.1, 0.15) is 0 Å². The molecule has 0 unspecified atom stereocenters. The first-order valence-electron chi connectivity index (χ1n) is 6.31. The summed E-state index contributed by atoms with van der Waals surface area (Å²) in [6, 6.07) is 6.99. The minimum absolute atomic E-state index is 0.0351. The highest BCUT2D eigenvalue weighted by Gasteiger charge is 2.18. The zero-order valence-electron chi connectivity index (χ0n) is 12.3. The van der Waals surface area contributed by atoms with E-state index in [1.54, 1.807) is 12.1 Å². The summed E-state index contributed by atoms with van der Waals surface area (Å²) in [6.07, 6.45) is 1.21. The van der Waals surface area contributed by atoms with Gasteiger partial charge in [0.15, 0.2) is 9.34 Å². The molecular weight excluding hydrogens is 324 g/mol. The van der Waals surface area contributed by atoms with Gasteiger partial charge in [-0.3, -0.25) is 9.52 Å². The minimum atomic E-state index is -3.72. The summed E-state index contributed by atoms with van der Waals surface area (Å²) in [6.45, 7) is 1.33. The van der Waals surface area contributed by atoms with Crippen molar-refractivity contribution in [1.29, 1.82) is 0 Å². The molecule has 1 aromatic carbocycles. The predicted octanol–water partition coefficient (Wildman–Crippen LogP) is 1.97. The molecule has 1 amide bonds. The first kappa shape index (κ1) is 16.2. The number of hydrogen-bond acceptors (Lipinski definition) is 6. The van der Waals surface area contributed by atoms with Crippen molar-refractivity contribution in [3.05, 3.63) is 30.5 Å². The van der Waals surface area contributed by atoms with Crippen molar-refractivity contribution in [2.45, 2.75) is 11.1 Å². The van der Waals surface area contributed by atoms with E-state index in [4.69, 9.17) is 0 Å². The molecule has 1 aromatic heterocycles. The maximum Gasteiger partial charge on any atom is 0.273 e. The Kier molecular flexibility index (Phi) is 4.67. The normalized spacial score (nSPS) is 11.0. The molecule has 0 spiro atoms. The number of aromatic nitrogens is 1. The number of rotatable bonds is 5. The molecule has 0 aliphatic rings. The Hall–Kier alpha value is -2.13. The number of carbonyl (C=O) groups is 1. The van der Waals surface area contributed by atoms with Gasteiger partial charge < -0.3 is 10.2 Å². The number of carbonyl (C=O) groups excluding carboxylic acids is 1. The zero-order chi connectivity index (χ0) is 16.3. The monoisotopic (exact) mass is 340 g/mol. The van der Waals surface area contributed by atoms with Gasteiger partial charge in [-0.15, -0.1) is 0 Å². The van der Waals surface area contributed by atoms with Crippen molar-refractivity contribution >= 4 is 43.8 Å². The van der Waals surface area contributed by atoms with Crippen LogP contribution in [-0.4, -0.2) is 33.4 Å². The van der Waals surface area contributed by atoms with Crippen molar-refractivity contribution in [2.75, 3.05) is 29.0 Å². The molecule has 2 N–H and O–H groups in total. The van der Waals surface area contributed by atoms with E-state index in [1.165, 1.54) is 13.1 Å². The highest BCUT2D eigenvalue weighted by molar-refractivity contribution is 7.94. The average Bonchev–Trinajstić information content (AvgIpc) is 2.87. The lowest BCUT2D eigenvalue weighted by Crippen LogP contribution is -2.12. The van der Waals surface area contributed by atoms with Crippen LogP contribution >= 0.6 is 11.3 Å². The fourth-order valence-electron chi connectivity index (χ4n) is 1.62. The summed E-state index contributed by atoms with van der Waals surface area (Å²) < 4.78 is 27.0. The van der Waals surface area contributed by atoms with Gasteiger partial charge in [0, 0.05) is 32.4 Å². The van der Waals surface area contributed by atoms with Gasteiger partial charge in [-0.05, 0) is 24.3 Å². The van der Waals surface area contributed by atoms with E-state index in [-0.39, 0.29) is 15.2 Å². The predicted molar refractivity (Wildman–Crippen MR) is 88.0 cm³/mol. The molecule has 118 valence electrons. The van der Waals surface area contributed by atoms with Gasteiger partial charge in [-0.2, -0.15) is 0 Å². The molecule has 1 heterocycles. The largest absolute Gasteiger partial charge is 0.378 e. The summed E-state index contributed by atoms with van der Waals surface area (Å²) in [5.41, 5.74) is 1.42. The van der Waals surface area contributed by atoms with Crippen molar-refractivity contribution in [3.8, 4) is 0 Å². The SMILES string of the molecule is CC(=O)Nc1ncc(S(=O)(=O)Nc2ccc(N(C)C)cc2)s1. The Morgan fingerprint density at radius 3 is 2.41 bits per heavy atom. The molecule has 0 aliphatic carbocycles. The zero-order valence-corrected chi connectivity index (χ0v) is 14.0. The number of anilines is 3. The van der Waals surface area contributed by atoms with Crippen LogP contribution in [0.4, 0.5) is 16.5 Å². The fraction of sp³-hybridized carbons (Fsp3) is 0.231. The highest BCUT2D eigenvalue weighted by atomic mass is 32.2. The molecule has 7 nitrogen and oxygen atoms in total. The molecule has 0 aliphatic heterocycles. The Labute approximate surface area is 133 Å². The number of thiazole rings is 1. The van der Waals surface area contributed by atoms with Crippen LogP contribution in [0.1, 0.15) is 6.92 Å². The van der Waals surface area contributed by atoms with Crippen molar-refractivity contribution in [1.82, 2.24) is 4.98 Å². The Bertz CT molecular complexity index is 767. The van der Waals surface area contributed by atoms with E-state index in [0.29, 0.717) is 5.69 Å². The van der Waals surface area contributed by atoms with Crippen molar-refractivity contribution in [2.24, 2.45) is 0 Å². The summed E-state index contributed by atoms with van der Waals surface area (Å²) in [4.78, 5) is 16.7. The highest BCUT2D eigenvalue weighted by Crippen LogP contribution is 2.25. The molecule has 9 heteroatoms. The maximum atomic E-state index is 12.3. The van der Waals surface area contributed by atoms with Gasteiger partial charge in [0.05, 0.1) is 6.20 Å². The molecule has 0 radical (unpaired) electrons. The number of amides is 1. The molecule has 22 heavy (non-hydrogen) atoms. The number of benzene rings is 1. The quantitative estimate of drug-likeness (QED) is 0.868. The second kappa shape index (κ2) is 6.32. The molecule has 2 rings (SSSR count). The number of nitrogens with zero attached hydrogens (tertiary/aromatic N) is 2. The van der Waals surface area contributed by atoms with Crippen LogP contribution in [0.2, 0.25) is 0 Å². The molecule has 0 saturated heterocycles. The summed E-state index contributed by atoms with van der Waals surface area (Å²) in [5.74, 6) is -0.300. The molecule has 2 aromatic rings. The topological polar surface area (TPSA) is 91.4 Å². The van der Waals surface area contributed by atoms with Crippen LogP contribution in [0.3, 0.4) is 0 Å². The van der Waals surface area contributed by atoms with Crippen LogP contribution in [0.5, 0.6) is 0 Å². The van der Waals surface area contributed by atoms with E-state index in [9.17, 15) is 13.2 Å². The van der Waals surface area contributed by atoms with E-state index in [1.807, 2.05) is 31.1 Å². The first-order chi connectivity index (χ1) is 10.3. The van der Waals surface area contributed by atoms with E-state index in [2.05, 4.69) is 15.0 Å². The third kappa shape index (κ3) is 3.95. The van der Waals surface area contributed by atoms with Crippen LogP contribution < -0.4 is 14.9 Å². The van der Waals surface area contributed by atoms with Gasteiger partial charge in [-0.1, -0.05) is 11.3 Å². The number of nitrogens with one attached hydrogen (secondary N) is 2. The fourth-order valence-corrected chi connectivity index (χ4v) is 3.76. The van der Waals surface area contributed by atoms with Crippen LogP contribution in [0.15, 0.2) is 34.7 Å². The van der Waals surface area contributed by atoms with Crippen molar-refractivity contribution in [3.63, 3.8) is 0 Å². The van der Waals surface area contributed by atoms with Crippen LogP contribution in [-0.2, 0) is 14.8 Å². The van der Waals surface area contributed by atoms with E-state index in [0.717, 1.165) is 17.0 Å². The summed E-state index contributed by atoms with van der Waals surface area (Å²) in [7, 11) is 0.0854.